The number of nitrogens with two attached hydrogens (primary N) is 1. The number of hydrogen-bond acceptors (Lipinski definition) is 5. The van der Waals surface area contributed by atoms with E-state index in [4.69, 9.17) is 10.5 Å². The highest BCUT2D eigenvalue weighted by Gasteiger charge is 2.30. The van der Waals surface area contributed by atoms with Gasteiger partial charge in [0.15, 0.2) is 9.84 Å². The van der Waals surface area contributed by atoms with Gasteiger partial charge in [0.1, 0.15) is 16.5 Å². The molecule has 1 aromatic carbocycles. The minimum Gasteiger partial charge on any atom is -0.399 e. The maximum Gasteiger partial charge on any atom is 0.186 e. The Morgan fingerprint density at radius 3 is 2.57 bits per heavy atom. The number of anilines is 1. The summed E-state index contributed by atoms with van der Waals surface area (Å²) in [5.41, 5.74) is 5.13. The van der Waals surface area contributed by atoms with Crippen LogP contribution in [-0.2, 0) is 14.6 Å². The lowest BCUT2D eigenvalue weighted by atomic mass is 10.3. The lowest BCUT2D eigenvalue weighted by molar-refractivity contribution is -0.0145. The third-order valence-corrected chi connectivity index (χ3v) is 5.23. The molecule has 0 spiro atoms. The molecule has 1 heterocycles. The van der Waals surface area contributed by atoms with Gasteiger partial charge < -0.3 is 10.5 Å². The molecule has 0 bridgehead atoms. The molecule has 5 nitrogen and oxygen atoms in total. The summed E-state index contributed by atoms with van der Waals surface area (Å²) in [5.74, 6) is -2.80. The van der Waals surface area contributed by atoms with Crippen LogP contribution in [0, 0.1) is 11.6 Å². The normalized spacial score (nSPS) is 20.6. The summed E-state index contributed by atoms with van der Waals surface area (Å²) in [6, 6.07) is 1.60. The summed E-state index contributed by atoms with van der Waals surface area (Å²) < 4.78 is 57.3. The quantitative estimate of drug-likeness (QED) is 0.839. The van der Waals surface area contributed by atoms with Crippen LogP contribution in [0.15, 0.2) is 17.0 Å². The van der Waals surface area contributed by atoms with E-state index in [0.717, 1.165) is 25.2 Å². The number of halogens is 2. The molecule has 8 heteroatoms. The summed E-state index contributed by atoms with van der Waals surface area (Å²) in [6.07, 6.45) is -0.597. The van der Waals surface area contributed by atoms with Crippen LogP contribution in [0.25, 0.3) is 0 Å². The summed E-state index contributed by atoms with van der Waals surface area (Å²) >= 11 is 0. The van der Waals surface area contributed by atoms with E-state index in [0.29, 0.717) is 13.2 Å². The van der Waals surface area contributed by atoms with Crippen LogP contribution in [0.3, 0.4) is 0 Å². The summed E-state index contributed by atoms with van der Waals surface area (Å²) in [5, 5.41) is 0. The molecule has 1 fully saturated rings. The lowest BCUT2D eigenvalue weighted by Crippen LogP contribution is -2.45. The molecule has 1 aliphatic heterocycles. The van der Waals surface area contributed by atoms with Crippen LogP contribution < -0.4 is 5.73 Å². The van der Waals surface area contributed by atoms with Gasteiger partial charge in [-0.1, -0.05) is 6.92 Å². The fourth-order valence-corrected chi connectivity index (χ4v) is 3.94. The Hall–Kier alpha value is -1.25. The Balaban J connectivity index is 2.23. The maximum atomic E-state index is 13.8. The molecule has 2 N–H and O–H groups in total. The topological polar surface area (TPSA) is 72.6 Å². The Morgan fingerprint density at radius 2 is 2.00 bits per heavy atom. The molecular formula is C13H18F2N2O3S. The van der Waals surface area contributed by atoms with Gasteiger partial charge >= 0.3 is 0 Å². The highest BCUT2D eigenvalue weighted by molar-refractivity contribution is 7.91. The number of nitrogen functional groups attached to an aromatic ring is 1. The minimum absolute atomic E-state index is 0.157. The number of rotatable bonds is 4. The third-order valence-electron chi connectivity index (χ3n) is 3.41. The van der Waals surface area contributed by atoms with Crippen LogP contribution in [0.5, 0.6) is 0 Å². The summed E-state index contributed by atoms with van der Waals surface area (Å²) in [4.78, 5) is 1.09. The van der Waals surface area contributed by atoms with Gasteiger partial charge in [0, 0.05) is 18.8 Å². The van der Waals surface area contributed by atoms with Crippen molar-refractivity contribution in [3.63, 3.8) is 0 Å². The first-order valence-corrected chi connectivity index (χ1v) is 8.30. The number of likely N-dealkylation sites (N-methyl/N-ethyl adjacent to an activating group) is 1. The number of morpholine rings is 1. The molecule has 2 rings (SSSR count). The Morgan fingerprint density at radius 1 is 1.38 bits per heavy atom. The fraction of sp³-hybridized carbons (Fsp3) is 0.538. The SMILES string of the molecule is CCN1CCOC(CS(=O)(=O)c2c(F)cc(N)cc2F)C1. The van der Waals surface area contributed by atoms with E-state index in [1.807, 2.05) is 11.8 Å². The van der Waals surface area contributed by atoms with Crippen LogP contribution in [0.4, 0.5) is 14.5 Å². The Kier molecular flexibility index (Phi) is 4.80. The zero-order valence-electron chi connectivity index (χ0n) is 11.7. The van der Waals surface area contributed by atoms with Crippen molar-refractivity contribution < 1.29 is 21.9 Å². The molecule has 1 atom stereocenters. The van der Waals surface area contributed by atoms with Crippen molar-refractivity contribution in [3.05, 3.63) is 23.8 Å². The van der Waals surface area contributed by atoms with Gasteiger partial charge in [-0.15, -0.1) is 0 Å². The van der Waals surface area contributed by atoms with Gasteiger partial charge in [0.25, 0.3) is 0 Å². The number of hydrogen-bond donors (Lipinski definition) is 1. The van der Waals surface area contributed by atoms with Crippen LogP contribution in [0.2, 0.25) is 0 Å². The second-order valence-corrected chi connectivity index (χ2v) is 6.95. The van der Waals surface area contributed by atoms with Crippen LogP contribution in [-0.4, -0.2) is 51.4 Å². The monoisotopic (exact) mass is 320 g/mol. The predicted octanol–water partition coefficient (Wildman–Crippen LogP) is 1.04. The average molecular weight is 320 g/mol. The van der Waals surface area contributed by atoms with Crippen molar-refractivity contribution in [2.24, 2.45) is 0 Å². The largest absolute Gasteiger partial charge is 0.399 e. The fourth-order valence-electron chi connectivity index (χ4n) is 2.37. The van der Waals surface area contributed by atoms with Crippen molar-refractivity contribution >= 4 is 15.5 Å². The molecule has 1 saturated heterocycles. The number of sulfone groups is 1. The number of nitrogens with zero attached hydrogens (tertiary/aromatic N) is 1. The maximum absolute atomic E-state index is 13.8. The van der Waals surface area contributed by atoms with E-state index in [-0.39, 0.29) is 5.69 Å². The van der Waals surface area contributed by atoms with Gasteiger partial charge in [0.2, 0.25) is 0 Å². The number of benzene rings is 1. The molecule has 0 radical (unpaired) electrons. The minimum atomic E-state index is -4.13. The van der Waals surface area contributed by atoms with Crippen molar-refractivity contribution in [1.82, 2.24) is 4.90 Å². The van der Waals surface area contributed by atoms with Crippen molar-refractivity contribution in [2.75, 3.05) is 37.7 Å². The van der Waals surface area contributed by atoms with E-state index in [9.17, 15) is 17.2 Å². The highest BCUT2D eigenvalue weighted by Crippen LogP contribution is 2.24. The summed E-state index contributed by atoms with van der Waals surface area (Å²) in [7, 11) is -4.13. The highest BCUT2D eigenvalue weighted by atomic mass is 32.2. The van der Waals surface area contributed by atoms with Crippen LogP contribution in [0.1, 0.15) is 6.92 Å². The molecule has 0 saturated carbocycles. The van der Waals surface area contributed by atoms with Crippen LogP contribution >= 0.6 is 0 Å². The van der Waals surface area contributed by atoms with Gasteiger partial charge in [-0.3, -0.25) is 4.90 Å². The zero-order valence-corrected chi connectivity index (χ0v) is 12.5. The molecule has 0 aliphatic carbocycles. The van der Waals surface area contributed by atoms with Crippen molar-refractivity contribution in [1.29, 1.82) is 0 Å². The van der Waals surface area contributed by atoms with E-state index in [1.54, 1.807) is 0 Å². The first kappa shape index (κ1) is 16.1. The molecular weight excluding hydrogens is 302 g/mol. The third kappa shape index (κ3) is 3.69. The molecule has 0 amide bonds. The van der Waals surface area contributed by atoms with E-state index in [2.05, 4.69) is 0 Å². The Labute approximate surface area is 122 Å². The second kappa shape index (κ2) is 6.25. The molecule has 1 unspecified atom stereocenters. The van der Waals surface area contributed by atoms with Gasteiger partial charge in [0.05, 0.1) is 18.5 Å². The average Bonchev–Trinajstić information content (AvgIpc) is 2.36. The molecule has 1 aromatic rings. The van der Waals surface area contributed by atoms with Gasteiger partial charge in [-0.05, 0) is 18.7 Å². The molecule has 118 valence electrons. The Bertz CT molecular complexity index is 599. The molecule has 0 aromatic heterocycles. The second-order valence-electron chi connectivity index (χ2n) is 4.98. The predicted molar refractivity (Wildman–Crippen MR) is 74.7 cm³/mol. The first-order chi connectivity index (χ1) is 9.83. The van der Waals surface area contributed by atoms with E-state index in [1.165, 1.54) is 0 Å². The smallest absolute Gasteiger partial charge is 0.186 e. The first-order valence-electron chi connectivity index (χ1n) is 6.64. The summed E-state index contributed by atoms with van der Waals surface area (Å²) in [6.45, 7) is 4.27. The van der Waals surface area contributed by atoms with Gasteiger partial charge in [-0.25, -0.2) is 17.2 Å². The van der Waals surface area contributed by atoms with E-state index < -0.39 is 38.2 Å². The van der Waals surface area contributed by atoms with Crippen molar-refractivity contribution in [2.45, 2.75) is 17.9 Å². The number of ether oxygens (including phenoxy) is 1. The zero-order chi connectivity index (χ0) is 15.6. The lowest BCUT2D eigenvalue weighted by Gasteiger charge is -2.31. The molecule has 21 heavy (non-hydrogen) atoms. The standard InChI is InChI=1S/C13H18F2N2O3S/c1-2-17-3-4-20-10(7-17)8-21(18,19)13-11(14)5-9(16)6-12(13)15/h5-6,10H,2-4,7-8,16H2,1H3. The molecule has 1 aliphatic rings. The van der Waals surface area contributed by atoms with Crippen molar-refractivity contribution in [3.8, 4) is 0 Å². The van der Waals surface area contributed by atoms with E-state index >= 15 is 0 Å². The van der Waals surface area contributed by atoms with Gasteiger partial charge in [-0.2, -0.15) is 0 Å².